The molecule has 0 fully saturated rings. The zero-order valence-electron chi connectivity index (χ0n) is 11.3. The van der Waals surface area contributed by atoms with E-state index in [0.29, 0.717) is 0 Å². The lowest BCUT2D eigenvalue weighted by molar-refractivity contribution is -0.147. The first-order chi connectivity index (χ1) is 10.9. The highest BCUT2D eigenvalue weighted by atomic mass is 79.9. The second-order valence-corrected chi connectivity index (χ2v) is 7.23. The molecule has 2 aromatic carbocycles. The lowest BCUT2D eigenvalue weighted by Gasteiger charge is -2.08. The molecule has 0 spiro atoms. The Kier molecular flexibility index (Phi) is 3.90. The molecule has 1 aliphatic rings. The number of halogens is 1. The molecule has 0 aliphatic carbocycles. The van der Waals surface area contributed by atoms with Crippen LogP contribution >= 0.6 is 15.9 Å². The molecule has 0 aromatic heterocycles. The third-order valence-electron chi connectivity index (χ3n) is 2.98. The molecule has 23 heavy (non-hydrogen) atoms. The van der Waals surface area contributed by atoms with E-state index in [-0.39, 0.29) is 25.8 Å². The average molecular weight is 401 g/mol. The fraction of sp³-hybridized carbons (Fsp3) is 0.0714. The van der Waals surface area contributed by atoms with E-state index < -0.39 is 22.5 Å². The van der Waals surface area contributed by atoms with E-state index in [2.05, 4.69) is 20.7 Å². The SMILES string of the molecule is O=C(O)OC1Oc2cc(Br)c(S(=O)(=O)c3ccccc3)cc2O1. The largest absolute Gasteiger partial charge is 0.511 e. The summed E-state index contributed by atoms with van der Waals surface area (Å²) in [4.78, 5) is 10.6. The van der Waals surface area contributed by atoms with Gasteiger partial charge in [0.25, 0.3) is 0 Å². The van der Waals surface area contributed by atoms with Gasteiger partial charge in [-0.1, -0.05) is 18.2 Å². The van der Waals surface area contributed by atoms with Gasteiger partial charge in [0.1, 0.15) is 0 Å². The molecule has 0 saturated carbocycles. The summed E-state index contributed by atoms with van der Waals surface area (Å²) in [5.41, 5.74) is 0. The van der Waals surface area contributed by atoms with Gasteiger partial charge in [-0.3, -0.25) is 0 Å². The Morgan fingerprint density at radius 1 is 1.13 bits per heavy atom. The number of rotatable bonds is 3. The Labute approximate surface area is 139 Å². The molecule has 1 N–H and O–H groups in total. The molecule has 0 amide bonds. The molecule has 9 heteroatoms. The van der Waals surface area contributed by atoms with Crippen LogP contribution in [0, 0.1) is 0 Å². The summed E-state index contributed by atoms with van der Waals surface area (Å²) >= 11 is 3.18. The Balaban J connectivity index is 2.00. The minimum absolute atomic E-state index is 0.0259. The number of hydrogen-bond donors (Lipinski definition) is 1. The van der Waals surface area contributed by atoms with Crippen LogP contribution in [0.25, 0.3) is 0 Å². The maximum atomic E-state index is 12.7. The summed E-state index contributed by atoms with van der Waals surface area (Å²) in [5.74, 6) is 0.254. The molecule has 7 nitrogen and oxygen atoms in total. The van der Waals surface area contributed by atoms with Crippen LogP contribution in [0.5, 0.6) is 11.5 Å². The van der Waals surface area contributed by atoms with Crippen molar-refractivity contribution in [1.82, 2.24) is 0 Å². The van der Waals surface area contributed by atoms with Crippen molar-refractivity contribution in [2.75, 3.05) is 0 Å². The summed E-state index contributed by atoms with van der Waals surface area (Å²) in [6.07, 6.45) is -1.57. The van der Waals surface area contributed by atoms with E-state index in [1.54, 1.807) is 18.2 Å². The predicted molar refractivity (Wildman–Crippen MR) is 80.2 cm³/mol. The van der Waals surface area contributed by atoms with E-state index in [4.69, 9.17) is 14.6 Å². The zero-order valence-corrected chi connectivity index (χ0v) is 13.7. The number of carboxylic acid groups (broad SMARTS) is 1. The first-order valence-corrected chi connectivity index (χ1v) is 8.52. The Morgan fingerprint density at radius 3 is 2.35 bits per heavy atom. The van der Waals surface area contributed by atoms with Crippen LogP contribution in [-0.4, -0.2) is 26.2 Å². The van der Waals surface area contributed by atoms with Crippen LogP contribution < -0.4 is 9.47 Å². The van der Waals surface area contributed by atoms with Crippen molar-refractivity contribution in [3.8, 4) is 11.5 Å². The van der Waals surface area contributed by atoms with Crippen LogP contribution in [0.15, 0.2) is 56.7 Å². The van der Waals surface area contributed by atoms with Gasteiger partial charge in [-0.25, -0.2) is 13.2 Å². The Hall–Kier alpha value is -2.26. The van der Waals surface area contributed by atoms with Gasteiger partial charge < -0.3 is 19.3 Å². The maximum Gasteiger partial charge on any atom is 0.511 e. The van der Waals surface area contributed by atoms with E-state index >= 15 is 0 Å². The minimum atomic E-state index is -3.77. The Morgan fingerprint density at radius 2 is 1.74 bits per heavy atom. The van der Waals surface area contributed by atoms with E-state index in [9.17, 15) is 13.2 Å². The van der Waals surface area contributed by atoms with Gasteiger partial charge in [0.05, 0.1) is 9.79 Å². The van der Waals surface area contributed by atoms with Gasteiger partial charge in [-0.2, -0.15) is 0 Å². The molecule has 2 aromatic rings. The highest BCUT2D eigenvalue weighted by Crippen LogP contribution is 2.42. The number of hydrogen-bond acceptors (Lipinski definition) is 6. The Bertz CT molecular complexity index is 864. The minimum Gasteiger partial charge on any atom is -0.450 e. The maximum absolute atomic E-state index is 12.7. The quantitative estimate of drug-likeness (QED) is 0.790. The molecule has 1 heterocycles. The van der Waals surface area contributed by atoms with Crippen molar-refractivity contribution in [2.45, 2.75) is 16.3 Å². The monoisotopic (exact) mass is 400 g/mol. The van der Waals surface area contributed by atoms with Gasteiger partial charge in [0.15, 0.2) is 11.5 Å². The van der Waals surface area contributed by atoms with Crippen LogP contribution in [0.4, 0.5) is 4.79 Å². The fourth-order valence-electron chi connectivity index (χ4n) is 2.00. The number of benzene rings is 2. The first kappa shape index (κ1) is 15.6. The molecular formula is C14H9BrO7S. The summed E-state index contributed by atoms with van der Waals surface area (Å²) in [6.45, 7) is -1.47. The van der Waals surface area contributed by atoms with Gasteiger partial charge >= 0.3 is 12.6 Å². The van der Waals surface area contributed by atoms with Crippen molar-refractivity contribution >= 4 is 31.9 Å². The summed E-state index contributed by atoms with van der Waals surface area (Å²) in [6, 6.07) is 10.5. The third kappa shape index (κ3) is 2.97. The molecule has 1 unspecified atom stereocenters. The van der Waals surface area contributed by atoms with Gasteiger partial charge in [-0.05, 0) is 34.1 Å². The van der Waals surface area contributed by atoms with Crippen LogP contribution in [-0.2, 0) is 14.6 Å². The number of carbonyl (C=O) groups is 1. The highest BCUT2D eigenvalue weighted by molar-refractivity contribution is 9.10. The molecule has 0 bridgehead atoms. The lowest BCUT2D eigenvalue weighted by atomic mass is 10.3. The summed E-state index contributed by atoms with van der Waals surface area (Å²) < 4.78 is 40.2. The van der Waals surface area contributed by atoms with Gasteiger partial charge in [0, 0.05) is 10.5 Å². The van der Waals surface area contributed by atoms with E-state index in [1.165, 1.54) is 24.3 Å². The van der Waals surface area contributed by atoms with Crippen LogP contribution in [0.1, 0.15) is 0 Å². The van der Waals surface area contributed by atoms with Crippen molar-refractivity contribution in [3.05, 3.63) is 46.9 Å². The van der Waals surface area contributed by atoms with Gasteiger partial charge in [-0.15, -0.1) is 0 Å². The third-order valence-corrected chi connectivity index (χ3v) is 5.71. The molecule has 0 radical (unpaired) electrons. The predicted octanol–water partition coefficient (Wildman–Crippen LogP) is 3.03. The standard InChI is InChI=1S/C14H9BrO7S/c15-9-6-10-11(21-14(20-10)22-13(16)17)7-12(9)23(18,19)8-4-2-1-3-5-8/h1-7,14H,(H,16,17). The summed E-state index contributed by atoms with van der Waals surface area (Å²) in [5, 5.41) is 8.55. The normalized spacial score (nSPS) is 16.1. The van der Waals surface area contributed by atoms with Crippen molar-refractivity contribution in [1.29, 1.82) is 0 Å². The van der Waals surface area contributed by atoms with Crippen molar-refractivity contribution in [2.24, 2.45) is 0 Å². The fourth-order valence-corrected chi connectivity index (χ4v) is 4.30. The molecule has 1 aliphatic heterocycles. The highest BCUT2D eigenvalue weighted by Gasteiger charge is 2.31. The molecule has 3 rings (SSSR count). The average Bonchev–Trinajstić information content (AvgIpc) is 2.87. The molecule has 1 atom stereocenters. The zero-order chi connectivity index (χ0) is 16.6. The van der Waals surface area contributed by atoms with Crippen LogP contribution in [0.3, 0.4) is 0 Å². The van der Waals surface area contributed by atoms with Crippen molar-refractivity contribution in [3.63, 3.8) is 0 Å². The molecule has 0 saturated heterocycles. The summed E-state index contributed by atoms with van der Waals surface area (Å²) in [7, 11) is -3.77. The van der Waals surface area contributed by atoms with E-state index in [1.807, 2.05) is 0 Å². The molecular weight excluding hydrogens is 392 g/mol. The van der Waals surface area contributed by atoms with Gasteiger partial charge in [0.2, 0.25) is 9.84 Å². The number of sulfone groups is 1. The smallest absolute Gasteiger partial charge is 0.450 e. The number of fused-ring (bicyclic) bond motifs is 1. The van der Waals surface area contributed by atoms with Crippen molar-refractivity contribution < 1.29 is 32.5 Å². The lowest BCUT2D eigenvalue weighted by Crippen LogP contribution is -2.24. The number of ether oxygens (including phenoxy) is 3. The van der Waals surface area contributed by atoms with E-state index in [0.717, 1.165) is 0 Å². The van der Waals surface area contributed by atoms with Crippen LogP contribution in [0.2, 0.25) is 0 Å². The second-order valence-electron chi connectivity index (χ2n) is 4.45. The first-order valence-electron chi connectivity index (χ1n) is 6.24. The topological polar surface area (TPSA) is 99.1 Å². The second kappa shape index (κ2) is 5.74. The molecule has 120 valence electrons.